The average molecular weight is 251 g/mol. The van der Waals surface area contributed by atoms with E-state index >= 15 is 0 Å². The molecule has 1 aromatic carbocycles. The highest BCUT2D eigenvalue weighted by Crippen LogP contribution is 2.22. The lowest BCUT2D eigenvalue weighted by Crippen LogP contribution is -1.96. The van der Waals surface area contributed by atoms with Crippen LogP contribution in [0.4, 0.5) is 4.39 Å². The Labute approximate surface area is 104 Å². The van der Waals surface area contributed by atoms with Crippen LogP contribution >= 0.6 is 11.6 Å². The topological polar surface area (TPSA) is 25.8 Å². The molecule has 0 unspecified atom stereocenters. The molecular formula is C13H12ClFN2. The number of hydrogen-bond acceptors (Lipinski definition) is 2. The van der Waals surface area contributed by atoms with Crippen LogP contribution in [-0.2, 0) is 6.42 Å². The van der Waals surface area contributed by atoms with Gasteiger partial charge in [0.15, 0.2) is 0 Å². The number of aromatic nitrogens is 2. The fourth-order valence-electron chi connectivity index (χ4n) is 1.52. The molecule has 1 heterocycles. The minimum absolute atomic E-state index is 0.240. The molecule has 88 valence electrons. The van der Waals surface area contributed by atoms with E-state index in [1.165, 1.54) is 6.07 Å². The summed E-state index contributed by atoms with van der Waals surface area (Å²) >= 11 is 5.90. The molecule has 0 aliphatic heterocycles. The van der Waals surface area contributed by atoms with Crippen molar-refractivity contribution in [3.63, 3.8) is 0 Å². The van der Waals surface area contributed by atoms with Crippen LogP contribution in [-0.4, -0.2) is 9.97 Å². The number of aryl methyl sites for hydroxylation is 2. The highest BCUT2D eigenvalue weighted by molar-refractivity contribution is 6.29. The number of benzene rings is 1. The Kier molecular flexibility index (Phi) is 3.38. The molecule has 0 amide bonds. The highest BCUT2D eigenvalue weighted by atomic mass is 35.5. The summed E-state index contributed by atoms with van der Waals surface area (Å²) in [7, 11) is 0. The van der Waals surface area contributed by atoms with Gasteiger partial charge >= 0.3 is 0 Å². The fourth-order valence-corrected chi connectivity index (χ4v) is 1.72. The zero-order valence-corrected chi connectivity index (χ0v) is 10.4. The molecule has 2 aromatic rings. The van der Waals surface area contributed by atoms with Crippen molar-refractivity contribution in [2.45, 2.75) is 20.3 Å². The van der Waals surface area contributed by atoms with Crippen molar-refractivity contribution >= 4 is 11.6 Å². The second-order valence-corrected chi connectivity index (χ2v) is 4.20. The smallest absolute Gasteiger partial charge is 0.133 e. The lowest BCUT2D eigenvalue weighted by atomic mass is 10.1. The Morgan fingerprint density at radius 3 is 2.65 bits per heavy atom. The normalized spacial score (nSPS) is 10.6. The van der Waals surface area contributed by atoms with Gasteiger partial charge in [0.2, 0.25) is 0 Å². The van der Waals surface area contributed by atoms with Crippen LogP contribution in [0.15, 0.2) is 24.3 Å². The summed E-state index contributed by atoms with van der Waals surface area (Å²) in [5, 5.41) is 0.382. The van der Waals surface area contributed by atoms with Crippen molar-refractivity contribution in [1.82, 2.24) is 9.97 Å². The van der Waals surface area contributed by atoms with Crippen molar-refractivity contribution in [2.75, 3.05) is 0 Å². The molecule has 1 aromatic heterocycles. The summed E-state index contributed by atoms with van der Waals surface area (Å²) in [5.74, 6) is 0.420. The monoisotopic (exact) mass is 250 g/mol. The van der Waals surface area contributed by atoms with Crippen molar-refractivity contribution in [3.05, 3.63) is 46.6 Å². The van der Waals surface area contributed by atoms with Crippen LogP contribution in [0, 0.1) is 12.7 Å². The highest BCUT2D eigenvalue weighted by Gasteiger charge is 2.06. The molecule has 0 saturated heterocycles. The van der Waals surface area contributed by atoms with Crippen LogP contribution in [0.2, 0.25) is 5.15 Å². The minimum atomic E-state index is -0.240. The van der Waals surface area contributed by atoms with E-state index in [1.54, 1.807) is 19.1 Å². The van der Waals surface area contributed by atoms with Crippen LogP contribution in [0.3, 0.4) is 0 Å². The van der Waals surface area contributed by atoms with Gasteiger partial charge in [0.25, 0.3) is 0 Å². The molecule has 4 heteroatoms. The quantitative estimate of drug-likeness (QED) is 0.758. The third kappa shape index (κ3) is 2.61. The molecule has 0 aliphatic rings. The largest absolute Gasteiger partial charge is 0.233 e. The van der Waals surface area contributed by atoms with Crippen molar-refractivity contribution in [3.8, 4) is 11.3 Å². The van der Waals surface area contributed by atoms with Gasteiger partial charge in [-0.15, -0.1) is 0 Å². The first-order valence-corrected chi connectivity index (χ1v) is 5.78. The molecule has 0 N–H and O–H groups in total. The van der Waals surface area contributed by atoms with Gasteiger partial charge in [0.1, 0.15) is 16.8 Å². The zero-order chi connectivity index (χ0) is 12.4. The van der Waals surface area contributed by atoms with E-state index in [1.807, 2.05) is 13.0 Å². The van der Waals surface area contributed by atoms with Crippen molar-refractivity contribution in [2.24, 2.45) is 0 Å². The number of halogens is 2. The third-order valence-corrected chi connectivity index (χ3v) is 2.72. The molecule has 0 atom stereocenters. The Morgan fingerprint density at radius 2 is 2.00 bits per heavy atom. The molecule has 0 spiro atoms. The molecule has 0 radical (unpaired) electrons. The van der Waals surface area contributed by atoms with Gasteiger partial charge < -0.3 is 0 Å². The van der Waals surface area contributed by atoms with Crippen molar-refractivity contribution in [1.29, 1.82) is 0 Å². The minimum Gasteiger partial charge on any atom is -0.233 e. The van der Waals surface area contributed by atoms with E-state index in [0.717, 1.165) is 0 Å². The Morgan fingerprint density at radius 1 is 1.24 bits per heavy atom. The van der Waals surface area contributed by atoms with Gasteiger partial charge in [0.05, 0.1) is 5.69 Å². The number of hydrogen-bond donors (Lipinski definition) is 0. The van der Waals surface area contributed by atoms with Gasteiger partial charge in [-0.3, -0.25) is 0 Å². The molecule has 0 aliphatic carbocycles. The van der Waals surface area contributed by atoms with Crippen LogP contribution in [0.25, 0.3) is 11.3 Å². The first kappa shape index (κ1) is 12.0. The molecule has 0 saturated carbocycles. The van der Waals surface area contributed by atoms with Crippen LogP contribution in [0.1, 0.15) is 18.3 Å². The summed E-state index contributed by atoms with van der Waals surface area (Å²) in [4.78, 5) is 8.41. The number of rotatable bonds is 2. The van der Waals surface area contributed by atoms with Gasteiger partial charge in [0, 0.05) is 18.1 Å². The number of nitrogens with zero attached hydrogens (tertiary/aromatic N) is 2. The van der Waals surface area contributed by atoms with E-state index in [-0.39, 0.29) is 5.82 Å². The van der Waals surface area contributed by atoms with Gasteiger partial charge in [-0.25, -0.2) is 14.4 Å². The predicted octanol–water partition coefficient (Wildman–Crippen LogP) is 3.81. The van der Waals surface area contributed by atoms with Crippen LogP contribution in [0.5, 0.6) is 0 Å². The zero-order valence-electron chi connectivity index (χ0n) is 9.67. The Bertz CT molecular complexity index is 555. The maximum atomic E-state index is 13.5. The molecule has 2 nitrogen and oxygen atoms in total. The average Bonchev–Trinajstić information content (AvgIpc) is 2.32. The molecule has 2 rings (SSSR count). The Balaban J connectivity index is 2.52. The van der Waals surface area contributed by atoms with Crippen molar-refractivity contribution < 1.29 is 4.39 Å². The van der Waals surface area contributed by atoms with E-state index in [9.17, 15) is 4.39 Å². The van der Waals surface area contributed by atoms with Gasteiger partial charge in [-0.2, -0.15) is 0 Å². The van der Waals surface area contributed by atoms with E-state index in [4.69, 9.17) is 11.6 Å². The molecule has 0 bridgehead atoms. The standard InChI is InChI=1S/C13H12ClFN2/c1-3-13-16-11(7-12(14)17-13)9-5-4-8(2)10(15)6-9/h4-7H,3H2,1-2H3. The summed E-state index contributed by atoms with van der Waals surface area (Å²) < 4.78 is 13.5. The van der Waals surface area contributed by atoms with E-state index in [0.29, 0.717) is 34.2 Å². The van der Waals surface area contributed by atoms with Gasteiger partial charge in [-0.1, -0.05) is 30.7 Å². The lowest BCUT2D eigenvalue weighted by Gasteiger charge is -2.05. The third-order valence-electron chi connectivity index (χ3n) is 2.53. The second kappa shape index (κ2) is 4.80. The summed E-state index contributed by atoms with van der Waals surface area (Å²) in [5.41, 5.74) is 1.98. The fraction of sp³-hybridized carbons (Fsp3) is 0.231. The second-order valence-electron chi connectivity index (χ2n) is 3.81. The predicted molar refractivity (Wildman–Crippen MR) is 66.6 cm³/mol. The SMILES string of the molecule is CCc1nc(Cl)cc(-c2ccc(C)c(F)c2)n1. The molecule has 17 heavy (non-hydrogen) atoms. The maximum Gasteiger partial charge on any atom is 0.133 e. The van der Waals surface area contributed by atoms with E-state index in [2.05, 4.69) is 9.97 Å². The lowest BCUT2D eigenvalue weighted by molar-refractivity contribution is 0.619. The summed E-state index contributed by atoms with van der Waals surface area (Å²) in [6.07, 6.45) is 0.696. The first-order valence-electron chi connectivity index (χ1n) is 5.40. The maximum absolute atomic E-state index is 13.5. The van der Waals surface area contributed by atoms with Gasteiger partial charge in [-0.05, 0) is 18.6 Å². The summed E-state index contributed by atoms with van der Waals surface area (Å²) in [6.45, 7) is 3.68. The Hall–Kier alpha value is -1.48. The molecular weight excluding hydrogens is 239 g/mol. The van der Waals surface area contributed by atoms with E-state index < -0.39 is 0 Å². The molecule has 0 fully saturated rings. The summed E-state index contributed by atoms with van der Waals surface area (Å²) in [6, 6.07) is 6.67. The first-order chi connectivity index (χ1) is 8.10. The van der Waals surface area contributed by atoms with Crippen LogP contribution < -0.4 is 0 Å².